The molecule has 2 aromatic rings. The van der Waals surface area contributed by atoms with Crippen molar-refractivity contribution in [2.45, 2.75) is 52.2 Å². The first-order chi connectivity index (χ1) is 11.9. The minimum atomic E-state index is -0.0111. The average molecular weight is 379 g/mol. The average Bonchev–Trinajstić information content (AvgIpc) is 2.90. The molecule has 0 saturated carbocycles. The highest BCUT2D eigenvalue weighted by Gasteiger charge is 2.22. The first-order valence-corrected chi connectivity index (χ1v) is 10.7. The van der Waals surface area contributed by atoms with Crippen LogP contribution in [0.4, 0.5) is 0 Å². The summed E-state index contributed by atoms with van der Waals surface area (Å²) in [5.74, 6) is 2.53. The van der Waals surface area contributed by atoms with Crippen LogP contribution in [0.25, 0.3) is 10.2 Å². The standard InChI is InChI=1S/C18H26N4OS2/c1-10(2)6-7-20-18(19)24-9-14-21-16(23)15-12-5-4-11(3)8-13(12)25-17(15)22-14/h10-11H,4-9H2,1-3H3,(H2,19,20)(H,21,22,23)/t11-/m0/s1. The normalized spacial score (nSPS) is 18.1. The molecule has 2 heterocycles. The number of H-pyrrole nitrogens is 1. The van der Waals surface area contributed by atoms with Gasteiger partial charge in [0.05, 0.1) is 11.1 Å². The van der Waals surface area contributed by atoms with E-state index in [1.54, 1.807) is 11.3 Å². The Morgan fingerprint density at radius 2 is 2.32 bits per heavy atom. The Labute approximate surface area is 156 Å². The molecule has 2 aromatic heterocycles. The van der Waals surface area contributed by atoms with Gasteiger partial charge in [-0.1, -0.05) is 32.5 Å². The molecule has 0 unspecified atom stereocenters. The van der Waals surface area contributed by atoms with E-state index in [0.29, 0.717) is 28.6 Å². The SMILES string of the molecule is CC(C)CCN=C(N)SCc1nc2sc3c(c2c(=O)[nH]1)CC[C@H](C)C3. The van der Waals surface area contributed by atoms with Crippen LogP contribution in [0.3, 0.4) is 0 Å². The van der Waals surface area contributed by atoms with Crippen LogP contribution in [0.5, 0.6) is 0 Å². The lowest BCUT2D eigenvalue weighted by atomic mass is 9.89. The molecule has 3 rings (SSSR count). The summed E-state index contributed by atoms with van der Waals surface area (Å²) in [7, 11) is 0. The second-order valence-electron chi connectivity index (χ2n) is 7.24. The summed E-state index contributed by atoms with van der Waals surface area (Å²) in [6.07, 6.45) is 4.24. The molecule has 0 fully saturated rings. The van der Waals surface area contributed by atoms with Crippen LogP contribution in [0.1, 0.15) is 49.9 Å². The number of aromatic nitrogens is 2. The first-order valence-electron chi connectivity index (χ1n) is 8.90. The largest absolute Gasteiger partial charge is 0.379 e. The molecule has 0 aromatic carbocycles. The lowest BCUT2D eigenvalue weighted by molar-refractivity contribution is 0.509. The highest BCUT2D eigenvalue weighted by molar-refractivity contribution is 8.13. The fourth-order valence-electron chi connectivity index (χ4n) is 3.08. The Morgan fingerprint density at radius 1 is 1.52 bits per heavy atom. The Kier molecular flexibility index (Phi) is 5.84. The van der Waals surface area contributed by atoms with Crippen LogP contribution in [-0.2, 0) is 18.6 Å². The van der Waals surface area contributed by atoms with Gasteiger partial charge in [-0.2, -0.15) is 0 Å². The molecule has 0 saturated heterocycles. The fourth-order valence-corrected chi connectivity index (χ4v) is 5.09. The van der Waals surface area contributed by atoms with E-state index in [-0.39, 0.29) is 5.56 Å². The maximum absolute atomic E-state index is 12.5. The number of thiophene rings is 1. The molecule has 7 heteroatoms. The Bertz CT molecular complexity index is 837. The number of nitrogens with one attached hydrogen (secondary N) is 1. The van der Waals surface area contributed by atoms with Gasteiger partial charge in [0.25, 0.3) is 5.56 Å². The molecule has 0 aliphatic heterocycles. The molecule has 1 atom stereocenters. The summed E-state index contributed by atoms with van der Waals surface area (Å²) < 4.78 is 0. The van der Waals surface area contributed by atoms with Crippen LogP contribution >= 0.6 is 23.1 Å². The number of rotatable bonds is 5. The van der Waals surface area contributed by atoms with E-state index in [4.69, 9.17) is 5.73 Å². The Morgan fingerprint density at radius 3 is 3.08 bits per heavy atom. The number of nitrogens with zero attached hydrogens (tertiary/aromatic N) is 2. The van der Waals surface area contributed by atoms with E-state index >= 15 is 0 Å². The summed E-state index contributed by atoms with van der Waals surface area (Å²) in [6, 6.07) is 0. The molecule has 25 heavy (non-hydrogen) atoms. The summed E-state index contributed by atoms with van der Waals surface area (Å²) in [6.45, 7) is 7.36. The van der Waals surface area contributed by atoms with Crippen molar-refractivity contribution in [2.24, 2.45) is 22.6 Å². The topological polar surface area (TPSA) is 84.1 Å². The van der Waals surface area contributed by atoms with Crippen molar-refractivity contribution in [3.05, 3.63) is 26.6 Å². The van der Waals surface area contributed by atoms with Crippen LogP contribution in [-0.4, -0.2) is 21.7 Å². The van der Waals surface area contributed by atoms with Crippen LogP contribution < -0.4 is 11.3 Å². The lowest BCUT2D eigenvalue weighted by Gasteiger charge is -2.17. The number of aliphatic imine (C=N–C) groups is 1. The second-order valence-corrected chi connectivity index (χ2v) is 9.31. The van der Waals surface area contributed by atoms with E-state index in [2.05, 4.69) is 35.7 Å². The zero-order valence-electron chi connectivity index (χ0n) is 15.1. The van der Waals surface area contributed by atoms with E-state index in [1.807, 2.05) is 0 Å². The summed E-state index contributed by atoms with van der Waals surface area (Å²) in [5, 5.41) is 1.36. The highest BCUT2D eigenvalue weighted by atomic mass is 32.2. The minimum Gasteiger partial charge on any atom is -0.379 e. The minimum absolute atomic E-state index is 0.0111. The molecule has 136 valence electrons. The maximum atomic E-state index is 12.5. The summed E-state index contributed by atoms with van der Waals surface area (Å²) in [5.41, 5.74) is 7.16. The molecule has 1 aliphatic rings. The van der Waals surface area contributed by atoms with Crippen LogP contribution in [0.2, 0.25) is 0 Å². The van der Waals surface area contributed by atoms with Gasteiger partial charge in [-0.15, -0.1) is 11.3 Å². The number of nitrogens with two attached hydrogens (primary N) is 1. The number of amidine groups is 1. The molecule has 0 radical (unpaired) electrons. The molecule has 0 bridgehead atoms. The second kappa shape index (κ2) is 7.91. The van der Waals surface area contributed by atoms with E-state index in [9.17, 15) is 4.79 Å². The first kappa shape index (κ1) is 18.5. The number of fused-ring (bicyclic) bond motifs is 3. The highest BCUT2D eigenvalue weighted by Crippen LogP contribution is 2.35. The van der Waals surface area contributed by atoms with Crippen molar-refractivity contribution in [3.63, 3.8) is 0 Å². The van der Waals surface area contributed by atoms with Crippen molar-refractivity contribution in [2.75, 3.05) is 6.54 Å². The van der Waals surface area contributed by atoms with Gasteiger partial charge in [0.2, 0.25) is 0 Å². The number of hydrogen-bond acceptors (Lipinski definition) is 5. The van der Waals surface area contributed by atoms with Crippen molar-refractivity contribution in [1.29, 1.82) is 0 Å². The van der Waals surface area contributed by atoms with Crippen LogP contribution in [0, 0.1) is 11.8 Å². The summed E-state index contributed by atoms with van der Waals surface area (Å²) >= 11 is 3.11. The van der Waals surface area contributed by atoms with Crippen molar-refractivity contribution >= 4 is 38.5 Å². The van der Waals surface area contributed by atoms with Gasteiger partial charge in [0, 0.05) is 11.4 Å². The van der Waals surface area contributed by atoms with Gasteiger partial charge in [0.15, 0.2) is 5.17 Å². The molecule has 5 nitrogen and oxygen atoms in total. The number of hydrogen-bond donors (Lipinski definition) is 2. The zero-order chi connectivity index (χ0) is 18.0. The predicted molar refractivity (Wildman–Crippen MR) is 109 cm³/mol. The van der Waals surface area contributed by atoms with Gasteiger partial charge in [-0.3, -0.25) is 9.79 Å². The van der Waals surface area contributed by atoms with Gasteiger partial charge < -0.3 is 10.7 Å². The molecular weight excluding hydrogens is 352 g/mol. The lowest BCUT2D eigenvalue weighted by Crippen LogP contribution is -2.15. The van der Waals surface area contributed by atoms with E-state index in [1.165, 1.54) is 22.2 Å². The molecule has 0 spiro atoms. The predicted octanol–water partition coefficient (Wildman–Crippen LogP) is 3.70. The van der Waals surface area contributed by atoms with E-state index in [0.717, 1.165) is 42.4 Å². The van der Waals surface area contributed by atoms with Crippen molar-refractivity contribution in [3.8, 4) is 0 Å². The Hall–Kier alpha value is -1.34. The monoisotopic (exact) mass is 378 g/mol. The van der Waals surface area contributed by atoms with Gasteiger partial charge >= 0.3 is 0 Å². The fraction of sp³-hybridized carbons (Fsp3) is 0.611. The third kappa shape index (κ3) is 4.44. The number of aryl methyl sites for hydroxylation is 1. The van der Waals surface area contributed by atoms with Gasteiger partial charge in [-0.25, -0.2) is 4.98 Å². The quantitative estimate of drug-likeness (QED) is 0.614. The van der Waals surface area contributed by atoms with Gasteiger partial charge in [-0.05, 0) is 43.1 Å². The molecule has 3 N–H and O–H groups in total. The number of aromatic amines is 1. The van der Waals surface area contributed by atoms with Crippen molar-refractivity contribution < 1.29 is 0 Å². The van der Waals surface area contributed by atoms with E-state index < -0.39 is 0 Å². The van der Waals surface area contributed by atoms with Crippen LogP contribution in [0.15, 0.2) is 9.79 Å². The molecule has 1 aliphatic carbocycles. The smallest absolute Gasteiger partial charge is 0.259 e. The zero-order valence-corrected chi connectivity index (χ0v) is 16.7. The molecule has 0 amide bonds. The van der Waals surface area contributed by atoms with Crippen molar-refractivity contribution in [1.82, 2.24) is 9.97 Å². The maximum Gasteiger partial charge on any atom is 0.259 e. The molecular formula is C18H26N4OS2. The summed E-state index contributed by atoms with van der Waals surface area (Å²) in [4.78, 5) is 26.7. The Balaban J connectivity index is 1.74. The third-order valence-electron chi connectivity index (χ3n) is 4.55. The number of thioether (sulfide) groups is 1. The third-order valence-corrected chi connectivity index (χ3v) is 6.54. The van der Waals surface area contributed by atoms with Gasteiger partial charge in [0.1, 0.15) is 10.7 Å².